The summed E-state index contributed by atoms with van der Waals surface area (Å²) in [4.78, 5) is 5.66. The molecule has 2 rings (SSSR count). The van der Waals surface area contributed by atoms with Crippen molar-refractivity contribution in [2.75, 3.05) is 7.05 Å². The van der Waals surface area contributed by atoms with Crippen LogP contribution in [-0.2, 0) is 11.8 Å². The zero-order chi connectivity index (χ0) is 14.8. The SMILES string of the molecule is CNC(Cc1ccc(C(C)(C)C)cc1)c1cnc(C)s1. The van der Waals surface area contributed by atoms with E-state index in [0.29, 0.717) is 6.04 Å². The van der Waals surface area contributed by atoms with Gasteiger partial charge in [0, 0.05) is 17.1 Å². The van der Waals surface area contributed by atoms with Gasteiger partial charge in [0.05, 0.1) is 5.01 Å². The molecule has 0 saturated heterocycles. The first-order valence-corrected chi connectivity index (χ1v) is 7.91. The van der Waals surface area contributed by atoms with Gasteiger partial charge in [-0.2, -0.15) is 0 Å². The second kappa shape index (κ2) is 6.06. The maximum Gasteiger partial charge on any atom is 0.0897 e. The average molecular weight is 288 g/mol. The average Bonchev–Trinajstić information content (AvgIpc) is 2.82. The predicted octanol–water partition coefficient (Wildman–Crippen LogP) is 4.25. The van der Waals surface area contributed by atoms with Gasteiger partial charge in [-0.15, -0.1) is 11.3 Å². The number of benzene rings is 1. The van der Waals surface area contributed by atoms with E-state index in [9.17, 15) is 0 Å². The van der Waals surface area contributed by atoms with E-state index in [1.54, 1.807) is 11.3 Å². The molecule has 0 saturated carbocycles. The fraction of sp³-hybridized carbons (Fsp3) is 0.471. The maximum atomic E-state index is 4.35. The molecule has 2 nitrogen and oxygen atoms in total. The quantitative estimate of drug-likeness (QED) is 0.909. The van der Waals surface area contributed by atoms with E-state index in [1.807, 2.05) is 13.2 Å². The molecule has 0 aliphatic heterocycles. The minimum atomic E-state index is 0.218. The van der Waals surface area contributed by atoms with Crippen LogP contribution in [0.4, 0.5) is 0 Å². The van der Waals surface area contributed by atoms with Crippen LogP contribution in [-0.4, -0.2) is 12.0 Å². The lowest BCUT2D eigenvalue weighted by Gasteiger charge is -2.20. The van der Waals surface area contributed by atoms with Crippen molar-refractivity contribution in [2.24, 2.45) is 0 Å². The van der Waals surface area contributed by atoms with Crippen LogP contribution in [0.15, 0.2) is 30.5 Å². The third-order valence-corrected chi connectivity index (χ3v) is 4.62. The van der Waals surface area contributed by atoms with Gasteiger partial charge in [0.15, 0.2) is 0 Å². The van der Waals surface area contributed by atoms with Crippen molar-refractivity contribution in [3.8, 4) is 0 Å². The van der Waals surface area contributed by atoms with E-state index in [4.69, 9.17) is 0 Å². The smallest absolute Gasteiger partial charge is 0.0897 e. The number of nitrogens with one attached hydrogen (secondary N) is 1. The molecular formula is C17H24N2S. The molecular weight excluding hydrogens is 264 g/mol. The highest BCUT2D eigenvalue weighted by atomic mass is 32.1. The number of rotatable bonds is 4. The molecule has 0 fully saturated rings. The van der Waals surface area contributed by atoms with Gasteiger partial charge in [-0.3, -0.25) is 0 Å². The van der Waals surface area contributed by atoms with Gasteiger partial charge >= 0.3 is 0 Å². The van der Waals surface area contributed by atoms with Gasteiger partial charge in [-0.1, -0.05) is 45.0 Å². The molecule has 1 aromatic heterocycles. The summed E-state index contributed by atoms with van der Waals surface area (Å²) in [5, 5.41) is 4.52. The first kappa shape index (κ1) is 15.2. The molecule has 1 N–H and O–H groups in total. The Kier molecular flexibility index (Phi) is 4.61. The fourth-order valence-corrected chi connectivity index (χ4v) is 3.16. The molecule has 1 unspecified atom stereocenters. The second-order valence-electron chi connectivity index (χ2n) is 6.27. The molecule has 0 aliphatic carbocycles. The molecule has 0 aliphatic rings. The zero-order valence-electron chi connectivity index (χ0n) is 13.0. The van der Waals surface area contributed by atoms with Crippen LogP contribution in [0.2, 0.25) is 0 Å². The van der Waals surface area contributed by atoms with Crippen molar-refractivity contribution in [3.63, 3.8) is 0 Å². The number of thiazole rings is 1. The first-order valence-electron chi connectivity index (χ1n) is 7.09. The topological polar surface area (TPSA) is 24.9 Å². The molecule has 1 heterocycles. The Labute approximate surface area is 126 Å². The Morgan fingerprint density at radius 2 is 1.85 bits per heavy atom. The van der Waals surface area contributed by atoms with Crippen LogP contribution in [0.3, 0.4) is 0 Å². The first-order chi connectivity index (χ1) is 9.40. The van der Waals surface area contributed by atoms with E-state index >= 15 is 0 Å². The third kappa shape index (κ3) is 3.68. The Balaban J connectivity index is 2.12. The normalized spacial score (nSPS) is 13.4. The van der Waals surface area contributed by atoms with Gasteiger partial charge in [-0.05, 0) is 36.9 Å². The Hall–Kier alpha value is -1.19. The third-order valence-electron chi connectivity index (χ3n) is 3.59. The number of hydrogen-bond acceptors (Lipinski definition) is 3. The highest BCUT2D eigenvalue weighted by Gasteiger charge is 2.15. The van der Waals surface area contributed by atoms with Crippen LogP contribution in [0, 0.1) is 6.92 Å². The Morgan fingerprint density at radius 1 is 1.20 bits per heavy atom. The summed E-state index contributed by atoms with van der Waals surface area (Å²) in [6.07, 6.45) is 2.99. The van der Waals surface area contributed by atoms with Crippen LogP contribution < -0.4 is 5.32 Å². The number of aryl methyl sites for hydroxylation is 1. The van der Waals surface area contributed by atoms with E-state index in [-0.39, 0.29) is 5.41 Å². The van der Waals surface area contributed by atoms with E-state index in [1.165, 1.54) is 16.0 Å². The maximum absolute atomic E-state index is 4.35. The Morgan fingerprint density at radius 3 is 2.30 bits per heavy atom. The van der Waals surface area contributed by atoms with Crippen molar-refractivity contribution >= 4 is 11.3 Å². The van der Waals surface area contributed by atoms with Crippen LogP contribution in [0.25, 0.3) is 0 Å². The predicted molar refractivity (Wildman–Crippen MR) is 87.5 cm³/mol. The van der Waals surface area contributed by atoms with Crippen LogP contribution >= 0.6 is 11.3 Å². The molecule has 20 heavy (non-hydrogen) atoms. The summed E-state index contributed by atoms with van der Waals surface area (Å²) < 4.78 is 0. The number of aromatic nitrogens is 1. The summed E-state index contributed by atoms with van der Waals surface area (Å²) in [5.74, 6) is 0. The van der Waals surface area contributed by atoms with E-state index in [0.717, 1.165) is 11.4 Å². The molecule has 2 aromatic rings. The monoisotopic (exact) mass is 288 g/mol. The molecule has 3 heteroatoms. The van der Waals surface area contributed by atoms with Gasteiger partial charge < -0.3 is 5.32 Å². The standard InChI is InChI=1S/C17H24N2S/c1-12-19-11-16(20-12)15(18-5)10-13-6-8-14(9-7-13)17(2,3)4/h6-9,11,15,18H,10H2,1-5H3. The second-order valence-corrected chi connectivity index (χ2v) is 7.54. The molecule has 1 atom stereocenters. The van der Waals surface area contributed by atoms with Crippen molar-refractivity contribution in [2.45, 2.75) is 45.6 Å². The van der Waals surface area contributed by atoms with E-state index < -0.39 is 0 Å². The lowest BCUT2D eigenvalue weighted by atomic mass is 9.86. The molecule has 0 spiro atoms. The van der Waals surface area contributed by atoms with Gasteiger partial charge in [0.2, 0.25) is 0 Å². The van der Waals surface area contributed by atoms with Gasteiger partial charge in [0.1, 0.15) is 0 Å². The number of hydrogen-bond donors (Lipinski definition) is 1. The summed E-state index contributed by atoms with van der Waals surface area (Å²) in [6, 6.07) is 9.35. The van der Waals surface area contributed by atoms with Gasteiger partial charge in [-0.25, -0.2) is 4.98 Å². The molecule has 108 valence electrons. The van der Waals surface area contributed by atoms with Crippen molar-refractivity contribution in [1.82, 2.24) is 10.3 Å². The molecule has 0 amide bonds. The van der Waals surface area contributed by atoms with Gasteiger partial charge in [0.25, 0.3) is 0 Å². The minimum Gasteiger partial charge on any atom is -0.312 e. The highest BCUT2D eigenvalue weighted by molar-refractivity contribution is 7.11. The summed E-state index contributed by atoms with van der Waals surface area (Å²) >= 11 is 1.77. The largest absolute Gasteiger partial charge is 0.312 e. The molecule has 0 radical (unpaired) electrons. The molecule has 1 aromatic carbocycles. The minimum absolute atomic E-state index is 0.218. The zero-order valence-corrected chi connectivity index (χ0v) is 13.8. The fourth-order valence-electron chi connectivity index (χ4n) is 2.26. The van der Waals surface area contributed by atoms with Crippen molar-refractivity contribution < 1.29 is 0 Å². The summed E-state index contributed by atoms with van der Waals surface area (Å²) in [5.41, 5.74) is 2.97. The van der Waals surface area contributed by atoms with Crippen molar-refractivity contribution in [1.29, 1.82) is 0 Å². The van der Waals surface area contributed by atoms with Crippen LogP contribution in [0.1, 0.15) is 47.8 Å². The van der Waals surface area contributed by atoms with Crippen LogP contribution in [0.5, 0.6) is 0 Å². The lowest BCUT2D eigenvalue weighted by Crippen LogP contribution is -2.18. The summed E-state index contributed by atoms with van der Waals surface area (Å²) in [6.45, 7) is 8.80. The number of nitrogens with zero attached hydrogens (tertiary/aromatic N) is 1. The summed E-state index contributed by atoms with van der Waals surface area (Å²) in [7, 11) is 2.02. The highest BCUT2D eigenvalue weighted by Crippen LogP contribution is 2.26. The van der Waals surface area contributed by atoms with Crippen molar-refractivity contribution in [3.05, 3.63) is 51.5 Å². The Bertz CT molecular complexity index is 549. The van der Waals surface area contributed by atoms with E-state index in [2.05, 4.69) is 62.3 Å². The molecule has 0 bridgehead atoms. The number of likely N-dealkylation sites (N-methyl/N-ethyl adjacent to an activating group) is 1. The lowest BCUT2D eigenvalue weighted by molar-refractivity contribution is 0.586.